The molecule has 1 aromatic carbocycles. The molecule has 2 amide bonds. The number of carbonyl (C=O) groups excluding carboxylic acids is 2. The zero-order valence-electron chi connectivity index (χ0n) is 10.6. The molecule has 2 aromatic rings. The first-order valence-electron chi connectivity index (χ1n) is 5.98. The molecule has 0 spiro atoms. The van der Waals surface area contributed by atoms with Crippen LogP contribution in [0.3, 0.4) is 0 Å². The van der Waals surface area contributed by atoms with Crippen molar-refractivity contribution in [2.24, 2.45) is 0 Å². The molecule has 100 valence electrons. The number of rotatable bonds is 1. The number of aromatic nitrogens is 1. The van der Waals surface area contributed by atoms with Gasteiger partial charge in [-0.1, -0.05) is 18.2 Å². The summed E-state index contributed by atoms with van der Waals surface area (Å²) in [4.78, 5) is 35.5. The lowest BCUT2D eigenvalue weighted by molar-refractivity contribution is 0.0880. The first kappa shape index (κ1) is 12.2. The number of nitrogens with zero attached hydrogens (tertiary/aromatic N) is 1. The molecule has 3 N–H and O–H groups in total. The fourth-order valence-electron chi connectivity index (χ4n) is 2.34. The van der Waals surface area contributed by atoms with Gasteiger partial charge in [0.25, 0.3) is 17.4 Å². The molecule has 1 aliphatic rings. The highest BCUT2D eigenvalue weighted by molar-refractivity contribution is 6.23. The highest BCUT2D eigenvalue weighted by atomic mass is 16.2. The molecule has 2 heterocycles. The molecule has 0 fully saturated rings. The van der Waals surface area contributed by atoms with E-state index in [1.807, 2.05) is 19.1 Å². The fourth-order valence-corrected chi connectivity index (χ4v) is 2.34. The molecule has 0 atom stereocenters. The van der Waals surface area contributed by atoms with Crippen molar-refractivity contribution >= 4 is 17.6 Å². The molecule has 3 rings (SSSR count). The molecule has 0 radical (unpaired) electrons. The van der Waals surface area contributed by atoms with Gasteiger partial charge in [-0.3, -0.25) is 24.3 Å². The Morgan fingerprint density at radius 2 is 1.80 bits per heavy atom. The summed E-state index contributed by atoms with van der Waals surface area (Å²) < 4.78 is 1.24. The molecule has 1 aromatic heterocycles. The Labute approximate surface area is 113 Å². The highest BCUT2D eigenvalue weighted by Crippen LogP contribution is 2.23. The van der Waals surface area contributed by atoms with Gasteiger partial charge in [0.15, 0.2) is 0 Å². The number of imide groups is 1. The average molecular weight is 269 g/mol. The van der Waals surface area contributed by atoms with Gasteiger partial charge in [0, 0.05) is 6.07 Å². The molecule has 0 saturated heterocycles. The smallest absolute Gasteiger partial charge is 0.262 e. The molecule has 6 heteroatoms. The summed E-state index contributed by atoms with van der Waals surface area (Å²) in [6.07, 6.45) is 0. The van der Waals surface area contributed by atoms with Gasteiger partial charge in [0.1, 0.15) is 5.82 Å². The number of para-hydroxylation sites is 1. The topological polar surface area (TPSA) is 94.2 Å². The predicted molar refractivity (Wildman–Crippen MR) is 73.0 cm³/mol. The van der Waals surface area contributed by atoms with Crippen LogP contribution in [-0.4, -0.2) is 16.4 Å². The van der Waals surface area contributed by atoms with Gasteiger partial charge in [-0.2, -0.15) is 0 Å². The number of aryl methyl sites for hydroxylation is 1. The van der Waals surface area contributed by atoms with Crippen LogP contribution >= 0.6 is 0 Å². The van der Waals surface area contributed by atoms with Crippen molar-refractivity contribution in [3.63, 3.8) is 0 Å². The van der Waals surface area contributed by atoms with Crippen LogP contribution in [-0.2, 0) is 0 Å². The largest absolute Gasteiger partial charge is 0.384 e. The van der Waals surface area contributed by atoms with Gasteiger partial charge in [-0.15, -0.1) is 0 Å². The van der Waals surface area contributed by atoms with E-state index in [1.54, 1.807) is 12.1 Å². The number of anilines is 1. The third kappa shape index (κ3) is 1.55. The zero-order chi connectivity index (χ0) is 14.4. The number of carbonyl (C=O) groups is 2. The molecule has 0 aliphatic carbocycles. The van der Waals surface area contributed by atoms with Crippen LogP contribution < -0.4 is 16.6 Å². The Hall–Kier alpha value is -2.89. The van der Waals surface area contributed by atoms with Crippen LogP contribution in [0.25, 0.3) is 5.69 Å². The number of hydrogen-bond donors (Lipinski definition) is 2. The van der Waals surface area contributed by atoms with Gasteiger partial charge in [0.05, 0.1) is 16.8 Å². The first-order chi connectivity index (χ1) is 9.50. The van der Waals surface area contributed by atoms with Crippen molar-refractivity contribution in [2.45, 2.75) is 6.92 Å². The van der Waals surface area contributed by atoms with Gasteiger partial charge >= 0.3 is 0 Å². The summed E-state index contributed by atoms with van der Waals surface area (Å²) in [5, 5.41) is 2.13. The zero-order valence-corrected chi connectivity index (χ0v) is 10.6. The Balaban J connectivity index is 2.38. The summed E-state index contributed by atoms with van der Waals surface area (Å²) >= 11 is 0. The molecule has 0 unspecified atom stereocenters. The van der Waals surface area contributed by atoms with Crippen LogP contribution in [0.5, 0.6) is 0 Å². The average Bonchev–Trinajstić information content (AvgIpc) is 2.67. The molecule has 6 nitrogen and oxygen atoms in total. The number of pyridine rings is 1. The standard InChI is InChI=1S/C14H11N3O3/c1-7-4-2-3-5-9(7)17-10(18)6-8-11(12(17)15)14(20)16-13(8)19/h2-6H,15H2,1H3,(H,16,19,20). The van der Waals surface area contributed by atoms with Crippen LogP contribution in [0.2, 0.25) is 0 Å². The summed E-state index contributed by atoms with van der Waals surface area (Å²) in [7, 11) is 0. The van der Waals surface area contributed by atoms with Crippen LogP contribution in [0.4, 0.5) is 5.82 Å². The minimum absolute atomic E-state index is 0.0230. The molecule has 0 saturated carbocycles. The lowest BCUT2D eigenvalue weighted by Crippen LogP contribution is -2.24. The van der Waals surface area contributed by atoms with Crippen molar-refractivity contribution in [1.29, 1.82) is 0 Å². The number of amides is 2. The Morgan fingerprint density at radius 1 is 1.10 bits per heavy atom. The second kappa shape index (κ2) is 4.06. The Morgan fingerprint density at radius 3 is 2.50 bits per heavy atom. The minimum Gasteiger partial charge on any atom is -0.384 e. The second-order valence-corrected chi connectivity index (χ2v) is 4.56. The summed E-state index contributed by atoms with van der Waals surface area (Å²) in [6.45, 7) is 1.83. The minimum atomic E-state index is -0.592. The van der Waals surface area contributed by atoms with Crippen LogP contribution in [0.1, 0.15) is 26.3 Å². The third-order valence-corrected chi connectivity index (χ3v) is 3.31. The number of hydrogen-bond acceptors (Lipinski definition) is 4. The van der Waals surface area contributed by atoms with E-state index < -0.39 is 17.4 Å². The van der Waals surface area contributed by atoms with Gasteiger partial charge in [-0.25, -0.2) is 0 Å². The molecule has 20 heavy (non-hydrogen) atoms. The number of nitrogen functional groups attached to an aromatic ring is 1. The van der Waals surface area contributed by atoms with Crippen molar-refractivity contribution in [3.8, 4) is 5.69 Å². The quantitative estimate of drug-likeness (QED) is 0.742. The number of nitrogens with one attached hydrogen (secondary N) is 1. The SMILES string of the molecule is Cc1ccccc1-n1c(N)c2c(cc1=O)C(=O)NC2=O. The van der Waals surface area contributed by atoms with E-state index in [0.717, 1.165) is 11.6 Å². The van der Waals surface area contributed by atoms with E-state index in [9.17, 15) is 14.4 Å². The first-order valence-corrected chi connectivity index (χ1v) is 5.98. The number of fused-ring (bicyclic) bond motifs is 1. The summed E-state index contributed by atoms with van der Waals surface area (Å²) in [6, 6.07) is 8.31. The van der Waals surface area contributed by atoms with Crippen molar-refractivity contribution < 1.29 is 9.59 Å². The molecular formula is C14H11N3O3. The van der Waals surface area contributed by atoms with E-state index in [-0.39, 0.29) is 16.9 Å². The van der Waals surface area contributed by atoms with E-state index in [2.05, 4.69) is 5.32 Å². The van der Waals surface area contributed by atoms with E-state index in [4.69, 9.17) is 5.73 Å². The lowest BCUT2D eigenvalue weighted by Gasteiger charge is -2.13. The van der Waals surface area contributed by atoms with Crippen molar-refractivity contribution in [3.05, 3.63) is 57.4 Å². The normalized spacial score (nSPS) is 13.2. The fraction of sp³-hybridized carbons (Fsp3) is 0.0714. The summed E-state index contributed by atoms with van der Waals surface area (Å²) in [5.41, 5.74) is 7.01. The van der Waals surface area contributed by atoms with Crippen molar-refractivity contribution in [2.75, 3.05) is 5.73 Å². The van der Waals surface area contributed by atoms with Gasteiger partial charge in [0.2, 0.25) is 0 Å². The Bertz CT molecular complexity index is 821. The van der Waals surface area contributed by atoms with Crippen LogP contribution in [0, 0.1) is 6.92 Å². The maximum absolute atomic E-state index is 12.2. The molecular weight excluding hydrogens is 258 g/mol. The highest BCUT2D eigenvalue weighted by Gasteiger charge is 2.31. The predicted octanol–water partition coefficient (Wildman–Crippen LogP) is 0.612. The van der Waals surface area contributed by atoms with Crippen molar-refractivity contribution in [1.82, 2.24) is 9.88 Å². The molecule has 1 aliphatic heterocycles. The molecule has 0 bridgehead atoms. The van der Waals surface area contributed by atoms with Gasteiger partial charge < -0.3 is 5.73 Å². The van der Waals surface area contributed by atoms with Gasteiger partial charge in [-0.05, 0) is 18.6 Å². The maximum Gasteiger partial charge on any atom is 0.262 e. The van der Waals surface area contributed by atoms with E-state index in [0.29, 0.717) is 5.69 Å². The monoisotopic (exact) mass is 269 g/mol. The van der Waals surface area contributed by atoms with E-state index in [1.165, 1.54) is 4.57 Å². The lowest BCUT2D eigenvalue weighted by atomic mass is 10.1. The number of benzene rings is 1. The van der Waals surface area contributed by atoms with E-state index >= 15 is 0 Å². The second-order valence-electron chi connectivity index (χ2n) is 4.56. The summed E-state index contributed by atoms with van der Waals surface area (Å²) in [5.74, 6) is -1.19. The maximum atomic E-state index is 12.2. The van der Waals surface area contributed by atoms with Crippen LogP contribution in [0.15, 0.2) is 35.1 Å². The number of nitrogens with two attached hydrogens (primary N) is 1. The Kier molecular flexibility index (Phi) is 2.47. The third-order valence-electron chi connectivity index (χ3n) is 3.31.